The fourth-order valence-corrected chi connectivity index (χ4v) is 2.62. The van der Waals surface area contributed by atoms with Gasteiger partial charge in [-0.3, -0.25) is 9.48 Å². The highest BCUT2D eigenvalue weighted by molar-refractivity contribution is 5.92. The minimum atomic E-state index is -0.227. The van der Waals surface area contributed by atoms with Gasteiger partial charge in [-0.15, -0.1) is 0 Å². The van der Waals surface area contributed by atoms with E-state index in [1.165, 1.54) is 0 Å². The topological polar surface area (TPSA) is 60.3 Å². The van der Waals surface area contributed by atoms with Crippen LogP contribution >= 0.6 is 0 Å². The average Bonchev–Trinajstić information content (AvgIpc) is 2.84. The molecule has 3 heterocycles. The van der Waals surface area contributed by atoms with Crippen LogP contribution in [0.15, 0.2) is 30.5 Å². The molecule has 2 aromatic heterocycles. The highest BCUT2D eigenvalue weighted by Gasteiger charge is 2.29. The van der Waals surface area contributed by atoms with Crippen molar-refractivity contribution in [2.75, 3.05) is 19.7 Å². The summed E-state index contributed by atoms with van der Waals surface area (Å²) < 4.78 is 7.56. The Bertz CT molecular complexity index is 707. The van der Waals surface area contributed by atoms with Gasteiger partial charge < -0.3 is 9.64 Å². The number of morpholine rings is 1. The minimum Gasteiger partial charge on any atom is -0.368 e. The Hall–Kier alpha value is -2.21. The van der Waals surface area contributed by atoms with Crippen LogP contribution in [-0.2, 0) is 16.6 Å². The van der Waals surface area contributed by atoms with Crippen LogP contribution < -0.4 is 0 Å². The Balaban J connectivity index is 1.92. The standard InChI is InChI=1S/C15H18N4O2/c1-10(2)15(20)19-7-8-21-12(9-19)13-11-5-4-6-16-14(11)18(3)17-13/h4-6,12H,1,7-9H2,2-3H3. The van der Waals surface area contributed by atoms with E-state index in [0.29, 0.717) is 25.3 Å². The SMILES string of the molecule is C=C(C)C(=O)N1CCOC(c2nn(C)c3ncccc23)C1. The zero-order valence-corrected chi connectivity index (χ0v) is 12.2. The fraction of sp³-hybridized carbons (Fsp3) is 0.400. The molecule has 1 amide bonds. The number of ether oxygens (including phenoxy) is 1. The molecular formula is C15H18N4O2. The van der Waals surface area contributed by atoms with E-state index >= 15 is 0 Å². The number of fused-ring (bicyclic) bond motifs is 1. The molecule has 1 aliphatic rings. The van der Waals surface area contributed by atoms with Crippen LogP contribution in [-0.4, -0.2) is 45.3 Å². The van der Waals surface area contributed by atoms with Crippen molar-refractivity contribution in [3.8, 4) is 0 Å². The zero-order chi connectivity index (χ0) is 15.0. The molecule has 1 atom stereocenters. The third-order valence-electron chi connectivity index (χ3n) is 3.65. The molecule has 0 saturated carbocycles. The molecule has 1 fully saturated rings. The maximum Gasteiger partial charge on any atom is 0.249 e. The summed E-state index contributed by atoms with van der Waals surface area (Å²) in [7, 11) is 1.86. The lowest BCUT2D eigenvalue weighted by atomic mass is 10.1. The van der Waals surface area contributed by atoms with Crippen LogP contribution in [0.5, 0.6) is 0 Å². The number of rotatable bonds is 2. The third kappa shape index (κ3) is 2.42. The lowest BCUT2D eigenvalue weighted by Crippen LogP contribution is -2.42. The van der Waals surface area contributed by atoms with E-state index in [-0.39, 0.29) is 12.0 Å². The Morgan fingerprint density at radius 2 is 2.33 bits per heavy atom. The van der Waals surface area contributed by atoms with Crippen molar-refractivity contribution < 1.29 is 9.53 Å². The normalized spacial score (nSPS) is 19.0. The van der Waals surface area contributed by atoms with Crippen LogP contribution in [0.25, 0.3) is 11.0 Å². The van der Waals surface area contributed by atoms with Gasteiger partial charge >= 0.3 is 0 Å². The molecule has 1 saturated heterocycles. The Morgan fingerprint density at radius 3 is 3.10 bits per heavy atom. The number of amides is 1. The Labute approximate surface area is 123 Å². The number of aryl methyl sites for hydroxylation is 1. The molecule has 0 spiro atoms. The van der Waals surface area contributed by atoms with Crippen molar-refractivity contribution in [1.29, 1.82) is 0 Å². The summed E-state index contributed by atoms with van der Waals surface area (Å²) >= 11 is 0. The number of carbonyl (C=O) groups is 1. The summed E-state index contributed by atoms with van der Waals surface area (Å²) in [6.45, 7) is 7.03. The summed E-state index contributed by atoms with van der Waals surface area (Å²) in [5.41, 5.74) is 2.20. The van der Waals surface area contributed by atoms with Gasteiger partial charge in [0.05, 0.1) is 13.2 Å². The van der Waals surface area contributed by atoms with Gasteiger partial charge in [0.15, 0.2) is 5.65 Å². The summed E-state index contributed by atoms with van der Waals surface area (Å²) in [4.78, 5) is 18.2. The van der Waals surface area contributed by atoms with Crippen molar-refractivity contribution >= 4 is 16.9 Å². The van der Waals surface area contributed by atoms with Crippen molar-refractivity contribution in [3.63, 3.8) is 0 Å². The molecule has 0 N–H and O–H groups in total. The van der Waals surface area contributed by atoms with Crippen molar-refractivity contribution in [1.82, 2.24) is 19.7 Å². The van der Waals surface area contributed by atoms with Crippen LogP contribution in [0.1, 0.15) is 18.7 Å². The monoisotopic (exact) mass is 286 g/mol. The highest BCUT2D eigenvalue weighted by Crippen LogP contribution is 2.27. The lowest BCUT2D eigenvalue weighted by Gasteiger charge is -2.32. The van der Waals surface area contributed by atoms with Gasteiger partial charge in [0.25, 0.3) is 0 Å². The van der Waals surface area contributed by atoms with Gasteiger partial charge in [-0.1, -0.05) is 6.58 Å². The van der Waals surface area contributed by atoms with E-state index in [1.807, 2.05) is 19.2 Å². The first kappa shape index (κ1) is 13.8. The first-order valence-corrected chi connectivity index (χ1v) is 6.92. The molecule has 1 aliphatic heterocycles. The molecule has 2 aromatic rings. The summed E-state index contributed by atoms with van der Waals surface area (Å²) in [5.74, 6) is -0.0262. The Morgan fingerprint density at radius 1 is 1.52 bits per heavy atom. The minimum absolute atomic E-state index is 0.0262. The number of carbonyl (C=O) groups excluding carboxylic acids is 1. The predicted octanol–water partition coefficient (Wildman–Crippen LogP) is 1.44. The molecule has 6 nitrogen and oxygen atoms in total. The molecule has 3 rings (SSSR count). The molecule has 0 radical (unpaired) electrons. The van der Waals surface area contributed by atoms with Crippen LogP contribution in [0.3, 0.4) is 0 Å². The van der Waals surface area contributed by atoms with Crippen LogP contribution in [0.4, 0.5) is 0 Å². The molecule has 110 valence electrons. The maximum atomic E-state index is 12.1. The smallest absolute Gasteiger partial charge is 0.249 e. The largest absolute Gasteiger partial charge is 0.368 e. The average molecular weight is 286 g/mol. The molecule has 0 aromatic carbocycles. The molecule has 0 bridgehead atoms. The van der Waals surface area contributed by atoms with Gasteiger partial charge in [-0.2, -0.15) is 5.10 Å². The first-order chi connectivity index (χ1) is 10.1. The second kappa shape index (κ2) is 5.29. The molecular weight excluding hydrogens is 268 g/mol. The number of hydrogen-bond donors (Lipinski definition) is 0. The van der Waals surface area contributed by atoms with E-state index in [4.69, 9.17) is 4.74 Å². The Kier molecular flexibility index (Phi) is 3.47. The van der Waals surface area contributed by atoms with Crippen LogP contribution in [0, 0.1) is 0 Å². The zero-order valence-electron chi connectivity index (χ0n) is 12.2. The molecule has 0 aliphatic carbocycles. The van der Waals surface area contributed by atoms with Crippen LogP contribution in [0.2, 0.25) is 0 Å². The fourth-order valence-electron chi connectivity index (χ4n) is 2.62. The van der Waals surface area contributed by atoms with Gasteiger partial charge in [0.1, 0.15) is 11.8 Å². The summed E-state index contributed by atoms with van der Waals surface area (Å²) in [6.07, 6.45) is 1.52. The number of hydrogen-bond acceptors (Lipinski definition) is 4. The van der Waals surface area contributed by atoms with Gasteiger partial charge in [0, 0.05) is 30.7 Å². The number of pyridine rings is 1. The van der Waals surface area contributed by atoms with Gasteiger partial charge in [-0.05, 0) is 19.1 Å². The van der Waals surface area contributed by atoms with E-state index in [2.05, 4.69) is 16.7 Å². The maximum absolute atomic E-state index is 12.1. The number of aromatic nitrogens is 3. The first-order valence-electron chi connectivity index (χ1n) is 6.92. The van der Waals surface area contributed by atoms with E-state index < -0.39 is 0 Å². The quantitative estimate of drug-likeness (QED) is 0.784. The van der Waals surface area contributed by atoms with Crippen molar-refractivity contribution in [2.24, 2.45) is 7.05 Å². The molecule has 21 heavy (non-hydrogen) atoms. The third-order valence-corrected chi connectivity index (χ3v) is 3.65. The van der Waals surface area contributed by atoms with Gasteiger partial charge in [-0.25, -0.2) is 4.98 Å². The van der Waals surface area contributed by atoms with E-state index in [0.717, 1.165) is 16.7 Å². The van der Waals surface area contributed by atoms with Crippen molar-refractivity contribution in [3.05, 3.63) is 36.2 Å². The van der Waals surface area contributed by atoms with E-state index in [9.17, 15) is 4.79 Å². The highest BCUT2D eigenvalue weighted by atomic mass is 16.5. The van der Waals surface area contributed by atoms with E-state index in [1.54, 1.807) is 22.7 Å². The second-order valence-corrected chi connectivity index (χ2v) is 5.27. The molecule has 6 heteroatoms. The van der Waals surface area contributed by atoms with Crippen molar-refractivity contribution in [2.45, 2.75) is 13.0 Å². The second-order valence-electron chi connectivity index (χ2n) is 5.27. The summed E-state index contributed by atoms with van der Waals surface area (Å²) in [6, 6.07) is 3.86. The summed E-state index contributed by atoms with van der Waals surface area (Å²) in [5, 5.41) is 5.49. The number of nitrogens with zero attached hydrogens (tertiary/aromatic N) is 4. The molecule has 1 unspecified atom stereocenters. The predicted molar refractivity (Wildman–Crippen MR) is 78.6 cm³/mol. The van der Waals surface area contributed by atoms with Gasteiger partial charge in [0.2, 0.25) is 5.91 Å². The lowest BCUT2D eigenvalue weighted by molar-refractivity contribution is -0.134.